The summed E-state index contributed by atoms with van der Waals surface area (Å²) < 4.78 is 10.9. The third-order valence-corrected chi connectivity index (χ3v) is 3.35. The molecule has 5 heteroatoms. The zero-order valence-corrected chi connectivity index (χ0v) is 9.43. The van der Waals surface area contributed by atoms with Crippen molar-refractivity contribution in [3.8, 4) is 0 Å². The molecule has 1 saturated heterocycles. The van der Waals surface area contributed by atoms with Gasteiger partial charge in [-0.3, -0.25) is 0 Å². The molecule has 3 unspecified atom stereocenters. The molecule has 2 N–H and O–H groups in total. The fraction of sp³-hybridized carbons (Fsp3) is 0.818. The van der Waals surface area contributed by atoms with Crippen molar-refractivity contribution in [2.75, 3.05) is 0 Å². The molecular formula is C11H17N3O2. The van der Waals surface area contributed by atoms with E-state index in [1.54, 1.807) is 0 Å². The number of ether oxygens (including phenoxy) is 1. The van der Waals surface area contributed by atoms with E-state index in [4.69, 9.17) is 15.0 Å². The van der Waals surface area contributed by atoms with Crippen molar-refractivity contribution in [3.05, 3.63) is 11.7 Å². The standard InChI is InChI=1S/C11H17N3O2/c1-6-2-5-8(15-6)9(12)10-13-11(16-14-10)7-3-4-7/h6-9H,2-5,12H2,1H3. The highest BCUT2D eigenvalue weighted by molar-refractivity contribution is 5.05. The Morgan fingerprint density at radius 2 is 2.12 bits per heavy atom. The van der Waals surface area contributed by atoms with Crippen LogP contribution in [0.15, 0.2) is 4.52 Å². The van der Waals surface area contributed by atoms with Crippen LogP contribution in [0.5, 0.6) is 0 Å². The Morgan fingerprint density at radius 1 is 1.31 bits per heavy atom. The minimum Gasteiger partial charge on any atom is -0.373 e. The number of rotatable bonds is 3. The van der Waals surface area contributed by atoms with Gasteiger partial charge >= 0.3 is 0 Å². The third-order valence-electron chi connectivity index (χ3n) is 3.35. The van der Waals surface area contributed by atoms with Crippen molar-refractivity contribution in [2.45, 2.75) is 56.8 Å². The average molecular weight is 223 g/mol. The summed E-state index contributed by atoms with van der Waals surface area (Å²) in [5.41, 5.74) is 6.09. The predicted molar refractivity (Wildman–Crippen MR) is 56.8 cm³/mol. The van der Waals surface area contributed by atoms with Gasteiger partial charge in [0.05, 0.1) is 18.2 Å². The first kappa shape index (κ1) is 10.2. The molecule has 88 valence electrons. The van der Waals surface area contributed by atoms with Gasteiger partial charge < -0.3 is 15.0 Å². The lowest BCUT2D eigenvalue weighted by molar-refractivity contribution is 0.0380. The van der Waals surface area contributed by atoms with Crippen molar-refractivity contribution < 1.29 is 9.26 Å². The summed E-state index contributed by atoms with van der Waals surface area (Å²) in [6.45, 7) is 2.07. The number of aromatic nitrogens is 2. The monoisotopic (exact) mass is 223 g/mol. The summed E-state index contributed by atoms with van der Waals surface area (Å²) in [5.74, 6) is 1.83. The van der Waals surface area contributed by atoms with Crippen LogP contribution in [-0.4, -0.2) is 22.3 Å². The van der Waals surface area contributed by atoms with Gasteiger partial charge in [0, 0.05) is 5.92 Å². The second-order valence-electron chi connectivity index (χ2n) is 4.85. The number of hydrogen-bond acceptors (Lipinski definition) is 5. The SMILES string of the molecule is CC1CCC(C(N)c2noc(C3CC3)n2)O1. The van der Waals surface area contributed by atoms with Gasteiger partial charge in [0.25, 0.3) is 0 Å². The van der Waals surface area contributed by atoms with Crippen LogP contribution in [0.25, 0.3) is 0 Å². The fourth-order valence-electron chi connectivity index (χ4n) is 2.14. The van der Waals surface area contributed by atoms with Gasteiger partial charge in [-0.05, 0) is 32.6 Å². The summed E-state index contributed by atoms with van der Waals surface area (Å²) in [6, 6.07) is -0.249. The van der Waals surface area contributed by atoms with E-state index in [1.165, 1.54) is 0 Å². The van der Waals surface area contributed by atoms with E-state index in [1.807, 2.05) is 0 Å². The van der Waals surface area contributed by atoms with Gasteiger partial charge in [-0.2, -0.15) is 4.98 Å². The molecule has 3 atom stereocenters. The second-order valence-corrected chi connectivity index (χ2v) is 4.85. The third kappa shape index (κ3) is 1.85. The van der Waals surface area contributed by atoms with E-state index in [2.05, 4.69) is 17.1 Å². The Labute approximate surface area is 94.3 Å². The summed E-state index contributed by atoms with van der Waals surface area (Å²) >= 11 is 0. The molecular weight excluding hydrogens is 206 g/mol. The normalized spacial score (nSPS) is 31.9. The Bertz CT molecular complexity index is 375. The maximum atomic E-state index is 6.09. The fourth-order valence-corrected chi connectivity index (χ4v) is 2.14. The van der Waals surface area contributed by atoms with E-state index >= 15 is 0 Å². The molecule has 1 aliphatic carbocycles. The van der Waals surface area contributed by atoms with Crippen LogP contribution in [0.3, 0.4) is 0 Å². The first-order valence-electron chi connectivity index (χ1n) is 5.98. The van der Waals surface area contributed by atoms with Gasteiger partial charge in [-0.15, -0.1) is 0 Å². The summed E-state index contributed by atoms with van der Waals surface area (Å²) in [6.07, 6.45) is 4.70. The Hall–Kier alpha value is -0.940. The van der Waals surface area contributed by atoms with E-state index in [0.29, 0.717) is 17.8 Å². The van der Waals surface area contributed by atoms with Crippen LogP contribution >= 0.6 is 0 Å². The molecule has 1 aliphatic heterocycles. The molecule has 2 fully saturated rings. The highest BCUT2D eigenvalue weighted by Crippen LogP contribution is 2.39. The van der Waals surface area contributed by atoms with Crippen LogP contribution in [0.4, 0.5) is 0 Å². The maximum Gasteiger partial charge on any atom is 0.229 e. The zero-order chi connectivity index (χ0) is 11.1. The Balaban J connectivity index is 1.70. The number of hydrogen-bond donors (Lipinski definition) is 1. The van der Waals surface area contributed by atoms with Crippen LogP contribution < -0.4 is 5.73 Å². The predicted octanol–water partition coefficient (Wildman–Crippen LogP) is 1.51. The molecule has 0 amide bonds. The molecule has 1 aromatic rings. The molecule has 3 rings (SSSR count). The highest BCUT2D eigenvalue weighted by Gasteiger charge is 2.34. The van der Waals surface area contributed by atoms with Gasteiger partial charge in [-0.25, -0.2) is 0 Å². The van der Waals surface area contributed by atoms with Crippen molar-refractivity contribution >= 4 is 0 Å². The number of nitrogens with two attached hydrogens (primary N) is 1. The lowest BCUT2D eigenvalue weighted by Gasteiger charge is -2.15. The first-order chi connectivity index (χ1) is 7.74. The smallest absolute Gasteiger partial charge is 0.229 e. The molecule has 0 spiro atoms. The molecule has 0 radical (unpaired) electrons. The first-order valence-corrected chi connectivity index (χ1v) is 5.98. The maximum absolute atomic E-state index is 6.09. The summed E-state index contributed by atoms with van der Waals surface area (Å²) in [5, 5.41) is 3.96. The Morgan fingerprint density at radius 3 is 2.75 bits per heavy atom. The number of nitrogens with zero attached hydrogens (tertiary/aromatic N) is 2. The van der Waals surface area contributed by atoms with Crippen molar-refractivity contribution in [3.63, 3.8) is 0 Å². The second kappa shape index (κ2) is 3.82. The lowest BCUT2D eigenvalue weighted by Crippen LogP contribution is -2.27. The molecule has 16 heavy (non-hydrogen) atoms. The van der Waals surface area contributed by atoms with E-state index in [9.17, 15) is 0 Å². The molecule has 1 saturated carbocycles. The van der Waals surface area contributed by atoms with E-state index < -0.39 is 0 Å². The summed E-state index contributed by atoms with van der Waals surface area (Å²) in [4.78, 5) is 4.36. The van der Waals surface area contributed by atoms with Crippen LogP contribution in [0.2, 0.25) is 0 Å². The van der Waals surface area contributed by atoms with Crippen molar-refractivity contribution in [1.29, 1.82) is 0 Å². The molecule has 2 heterocycles. The Kier molecular flexibility index (Phi) is 2.44. The zero-order valence-electron chi connectivity index (χ0n) is 9.43. The highest BCUT2D eigenvalue weighted by atomic mass is 16.5. The molecule has 1 aromatic heterocycles. The minimum absolute atomic E-state index is 0.0413. The molecule has 0 bridgehead atoms. The van der Waals surface area contributed by atoms with Crippen molar-refractivity contribution in [2.24, 2.45) is 5.73 Å². The topological polar surface area (TPSA) is 74.2 Å². The quantitative estimate of drug-likeness (QED) is 0.840. The van der Waals surface area contributed by atoms with E-state index in [-0.39, 0.29) is 12.1 Å². The van der Waals surface area contributed by atoms with Gasteiger partial charge in [0.15, 0.2) is 5.82 Å². The minimum atomic E-state index is -0.249. The van der Waals surface area contributed by atoms with E-state index in [0.717, 1.165) is 31.6 Å². The lowest BCUT2D eigenvalue weighted by atomic mass is 10.1. The van der Waals surface area contributed by atoms with Crippen LogP contribution in [0, 0.1) is 0 Å². The van der Waals surface area contributed by atoms with Crippen molar-refractivity contribution in [1.82, 2.24) is 10.1 Å². The van der Waals surface area contributed by atoms with Gasteiger partial charge in [0.1, 0.15) is 0 Å². The van der Waals surface area contributed by atoms with Gasteiger partial charge in [0.2, 0.25) is 5.89 Å². The summed E-state index contributed by atoms with van der Waals surface area (Å²) in [7, 11) is 0. The average Bonchev–Trinajstić information content (AvgIpc) is 2.86. The van der Waals surface area contributed by atoms with Crippen LogP contribution in [0.1, 0.15) is 56.3 Å². The largest absolute Gasteiger partial charge is 0.373 e. The molecule has 2 aliphatic rings. The molecule has 0 aromatic carbocycles. The van der Waals surface area contributed by atoms with Crippen LogP contribution in [-0.2, 0) is 4.74 Å². The molecule has 5 nitrogen and oxygen atoms in total. The van der Waals surface area contributed by atoms with Gasteiger partial charge in [-0.1, -0.05) is 5.16 Å².